The van der Waals surface area contributed by atoms with Gasteiger partial charge in [0.2, 0.25) is 0 Å². The molecule has 3 fully saturated rings. The number of rotatable bonds is 1. The smallest absolute Gasteiger partial charge is 0.193 e. The monoisotopic (exact) mass is 343 g/mol. The molecule has 0 aromatic heterocycles. The SMILES string of the molecule is CN=C(NC1C2CCOC2C1(C)C)N1CCS(=O)(=O)C(C)(C)C1. The van der Waals surface area contributed by atoms with Gasteiger partial charge in [-0.25, -0.2) is 8.42 Å². The average Bonchev–Trinajstić information content (AvgIpc) is 2.90. The molecule has 23 heavy (non-hydrogen) atoms. The van der Waals surface area contributed by atoms with Gasteiger partial charge in [-0.15, -0.1) is 0 Å². The van der Waals surface area contributed by atoms with Gasteiger partial charge in [-0.05, 0) is 20.3 Å². The third-order valence-corrected chi connectivity index (χ3v) is 8.47. The predicted molar refractivity (Wildman–Crippen MR) is 91.3 cm³/mol. The number of sulfone groups is 1. The predicted octanol–water partition coefficient (Wildman–Crippen LogP) is 0.884. The van der Waals surface area contributed by atoms with Crippen LogP contribution in [0.25, 0.3) is 0 Å². The van der Waals surface area contributed by atoms with E-state index in [4.69, 9.17) is 4.74 Å². The quantitative estimate of drug-likeness (QED) is 0.565. The molecule has 1 saturated carbocycles. The molecule has 0 bridgehead atoms. The van der Waals surface area contributed by atoms with Crippen LogP contribution in [0.5, 0.6) is 0 Å². The van der Waals surface area contributed by atoms with Crippen molar-refractivity contribution in [2.45, 2.75) is 51.0 Å². The number of aliphatic imine (C=N–C) groups is 1. The number of fused-ring (bicyclic) bond motifs is 1. The van der Waals surface area contributed by atoms with Crippen LogP contribution in [0.3, 0.4) is 0 Å². The second kappa shape index (κ2) is 5.34. The number of hydrogen-bond donors (Lipinski definition) is 1. The van der Waals surface area contributed by atoms with E-state index >= 15 is 0 Å². The molecule has 7 heteroatoms. The molecular weight excluding hydrogens is 314 g/mol. The Balaban J connectivity index is 1.72. The first kappa shape index (κ1) is 17.0. The molecule has 1 N–H and O–H groups in total. The van der Waals surface area contributed by atoms with Crippen molar-refractivity contribution in [1.82, 2.24) is 10.2 Å². The van der Waals surface area contributed by atoms with E-state index in [2.05, 4.69) is 29.1 Å². The first-order chi connectivity index (χ1) is 10.6. The number of ether oxygens (including phenoxy) is 1. The summed E-state index contributed by atoms with van der Waals surface area (Å²) in [5, 5.41) is 3.60. The Labute approximate surface area is 139 Å². The average molecular weight is 343 g/mol. The molecule has 132 valence electrons. The van der Waals surface area contributed by atoms with Crippen molar-refractivity contribution in [3.05, 3.63) is 0 Å². The summed E-state index contributed by atoms with van der Waals surface area (Å²) in [4.78, 5) is 6.51. The molecule has 1 aliphatic carbocycles. The lowest BCUT2D eigenvalue weighted by molar-refractivity contribution is -0.107. The van der Waals surface area contributed by atoms with Gasteiger partial charge in [-0.1, -0.05) is 13.8 Å². The maximum Gasteiger partial charge on any atom is 0.193 e. The molecule has 6 nitrogen and oxygen atoms in total. The van der Waals surface area contributed by atoms with Crippen LogP contribution in [0.1, 0.15) is 34.1 Å². The maximum atomic E-state index is 12.2. The fourth-order valence-electron chi connectivity index (χ4n) is 4.38. The summed E-state index contributed by atoms with van der Waals surface area (Å²) in [7, 11) is -1.27. The zero-order valence-corrected chi connectivity index (χ0v) is 15.6. The Morgan fingerprint density at radius 3 is 2.61 bits per heavy atom. The lowest BCUT2D eigenvalue weighted by atomic mass is 9.57. The standard InChI is InChI=1S/C16H29N3O3S/c1-15(2)10-19(7-9-23(15,20)21)14(17-5)18-12-11-6-8-22-13(11)16(12,3)4/h11-13H,6-10H2,1-5H3,(H,17,18). The Morgan fingerprint density at radius 2 is 2.00 bits per heavy atom. The second-order valence-electron chi connectivity index (χ2n) is 8.23. The normalized spacial score (nSPS) is 37.9. The number of hydrogen-bond acceptors (Lipinski definition) is 4. The minimum absolute atomic E-state index is 0.0779. The van der Waals surface area contributed by atoms with Gasteiger partial charge in [0.25, 0.3) is 0 Å². The minimum Gasteiger partial charge on any atom is -0.377 e. The van der Waals surface area contributed by atoms with Crippen LogP contribution in [-0.4, -0.2) is 68.7 Å². The van der Waals surface area contributed by atoms with Crippen molar-refractivity contribution in [3.8, 4) is 0 Å². The Kier molecular flexibility index (Phi) is 3.95. The number of nitrogens with zero attached hydrogens (tertiary/aromatic N) is 2. The molecule has 3 atom stereocenters. The van der Waals surface area contributed by atoms with E-state index in [0.717, 1.165) is 19.0 Å². The van der Waals surface area contributed by atoms with E-state index in [-0.39, 0.29) is 11.2 Å². The van der Waals surface area contributed by atoms with E-state index in [1.807, 2.05) is 0 Å². The molecule has 0 spiro atoms. The van der Waals surface area contributed by atoms with Gasteiger partial charge in [0.05, 0.1) is 16.6 Å². The van der Waals surface area contributed by atoms with Gasteiger partial charge in [0.15, 0.2) is 15.8 Å². The molecule has 0 aromatic carbocycles. The van der Waals surface area contributed by atoms with Gasteiger partial charge >= 0.3 is 0 Å². The van der Waals surface area contributed by atoms with E-state index < -0.39 is 14.6 Å². The van der Waals surface area contributed by atoms with E-state index in [1.54, 1.807) is 20.9 Å². The van der Waals surface area contributed by atoms with Gasteiger partial charge in [-0.2, -0.15) is 0 Å². The van der Waals surface area contributed by atoms with E-state index in [1.165, 1.54) is 0 Å². The Bertz CT molecular complexity index is 612. The maximum absolute atomic E-state index is 12.2. The lowest BCUT2D eigenvalue weighted by Gasteiger charge is -2.55. The first-order valence-electron chi connectivity index (χ1n) is 8.42. The minimum atomic E-state index is -3.04. The lowest BCUT2D eigenvalue weighted by Crippen LogP contribution is -2.69. The van der Waals surface area contributed by atoms with Crippen LogP contribution in [0.2, 0.25) is 0 Å². The summed E-state index contributed by atoms with van der Waals surface area (Å²) in [6.45, 7) is 9.89. The van der Waals surface area contributed by atoms with E-state index in [0.29, 0.717) is 31.2 Å². The van der Waals surface area contributed by atoms with Gasteiger partial charge in [-0.3, -0.25) is 4.99 Å². The Morgan fingerprint density at radius 1 is 1.30 bits per heavy atom. The van der Waals surface area contributed by atoms with Crippen LogP contribution in [0.4, 0.5) is 0 Å². The van der Waals surface area contributed by atoms with Crippen LogP contribution < -0.4 is 5.32 Å². The summed E-state index contributed by atoms with van der Waals surface area (Å²) in [5.41, 5.74) is 0.0779. The molecule has 2 aliphatic heterocycles. The van der Waals surface area contributed by atoms with Gasteiger partial charge in [0.1, 0.15) is 0 Å². The van der Waals surface area contributed by atoms with Gasteiger partial charge < -0.3 is 15.0 Å². The molecule has 2 heterocycles. The van der Waals surface area contributed by atoms with Crippen molar-refractivity contribution < 1.29 is 13.2 Å². The van der Waals surface area contributed by atoms with Crippen LogP contribution in [-0.2, 0) is 14.6 Å². The highest BCUT2D eigenvalue weighted by molar-refractivity contribution is 7.92. The topological polar surface area (TPSA) is 71.0 Å². The zero-order chi connectivity index (χ0) is 17.0. The largest absolute Gasteiger partial charge is 0.377 e. The van der Waals surface area contributed by atoms with Crippen molar-refractivity contribution in [2.75, 3.05) is 32.5 Å². The fourth-order valence-corrected chi connectivity index (χ4v) is 5.74. The number of guanidine groups is 1. The first-order valence-corrected chi connectivity index (χ1v) is 10.1. The fraction of sp³-hybridized carbons (Fsp3) is 0.938. The van der Waals surface area contributed by atoms with Crippen molar-refractivity contribution in [2.24, 2.45) is 16.3 Å². The van der Waals surface area contributed by atoms with Crippen LogP contribution in [0, 0.1) is 11.3 Å². The summed E-state index contributed by atoms with van der Waals surface area (Å²) < 4.78 is 29.5. The third kappa shape index (κ3) is 2.56. The molecular formula is C16H29N3O3S. The summed E-state index contributed by atoms with van der Waals surface area (Å²) >= 11 is 0. The Hall–Kier alpha value is -0.820. The zero-order valence-electron chi connectivity index (χ0n) is 14.8. The highest BCUT2D eigenvalue weighted by Crippen LogP contribution is 2.52. The molecule has 2 saturated heterocycles. The number of nitrogens with one attached hydrogen (secondary N) is 1. The van der Waals surface area contributed by atoms with Crippen molar-refractivity contribution in [1.29, 1.82) is 0 Å². The second-order valence-corrected chi connectivity index (χ2v) is 11.0. The molecule has 0 amide bonds. The molecule has 3 unspecified atom stereocenters. The highest BCUT2D eigenvalue weighted by atomic mass is 32.2. The molecule has 0 radical (unpaired) electrons. The highest BCUT2D eigenvalue weighted by Gasteiger charge is 2.59. The van der Waals surface area contributed by atoms with Crippen LogP contribution in [0.15, 0.2) is 4.99 Å². The van der Waals surface area contributed by atoms with Crippen molar-refractivity contribution in [3.63, 3.8) is 0 Å². The molecule has 3 rings (SSSR count). The summed E-state index contributed by atoms with van der Waals surface area (Å²) in [5.74, 6) is 1.53. The van der Waals surface area contributed by atoms with Crippen molar-refractivity contribution >= 4 is 15.8 Å². The van der Waals surface area contributed by atoms with Crippen LogP contribution >= 0.6 is 0 Å². The third-order valence-electron chi connectivity index (χ3n) is 5.94. The summed E-state index contributed by atoms with van der Waals surface area (Å²) in [6.07, 6.45) is 1.42. The molecule has 3 aliphatic rings. The molecule has 0 aromatic rings. The summed E-state index contributed by atoms with van der Waals surface area (Å²) in [6, 6.07) is 0.329. The van der Waals surface area contributed by atoms with Gasteiger partial charge in [0, 0.05) is 44.1 Å². The van der Waals surface area contributed by atoms with E-state index in [9.17, 15) is 8.42 Å².